The van der Waals surface area contributed by atoms with E-state index in [-0.39, 0.29) is 5.82 Å². The Bertz CT molecular complexity index is 796. The van der Waals surface area contributed by atoms with E-state index in [0.29, 0.717) is 28.5 Å². The van der Waals surface area contributed by atoms with Crippen LogP contribution in [0.15, 0.2) is 45.4 Å². The average molecular weight is 348 g/mol. The van der Waals surface area contributed by atoms with Crippen LogP contribution in [0, 0.1) is 12.7 Å². The van der Waals surface area contributed by atoms with Crippen molar-refractivity contribution in [2.75, 3.05) is 5.73 Å². The van der Waals surface area contributed by atoms with E-state index in [1.54, 1.807) is 25.1 Å². The number of rotatable bonds is 2. The van der Waals surface area contributed by atoms with E-state index in [4.69, 9.17) is 10.3 Å². The Morgan fingerprint density at radius 1 is 1.19 bits per heavy atom. The van der Waals surface area contributed by atoms with E-state index in [2.05, 4.69) is 26.1 Å². The first-order chi connectivity index (χ1) is 10.0. The van der Waals surface area contributed by atoms with E-state index >= 15 is 0 Å². The number of nitrogens with zero attached hydrogens (tertiary/aromatic N) is 2. The van der Waals surface area contributed by atoms with Gasteiger partial charge in [0.2, 0.25) is 5.82 Å². The number of nitrogen functional groups attached to an aromatic ring is 1. The second kappa shape index (κ2) is 5.29. The van der Waals surface area contributed by atoms with Crippen molar-refractivity contribution in [2.45, 2.75) is 6.92 Å². The van der Waals surface area contributed by atoms with Gasteiger partial charge in [0.25, 0.3) is 5.89 Å². The molecule has 1 aromatic heterocycles. The highest BCUT2D eigenvalue weighted by atomic mass is 79.9. The van der Waals surface area contributed by atoms with Gasteiger partial charge in [0.15, 0.2) is 0 Å². The molecular weight excluding hydrogens is 337 g/mol. The Kier molecular flexibility index (Phi) is 3.47. The molecule has 0 spiro atoms. The molecule has 0 bridgehead atoms. The summed E-state index contributed by atoms with van der Waals surface area (Å²) in [6.07, 6.45) is 0. The quantitative estimate of drug-likeness (QED) is 0.705. The molecule has 0 aliphatic rings. The van der Waals surface area contributed by atoms with Gasteiger partial charge in [-0.05, 0) is 48.9 Å². The second-order valence-corrected chi connectivity index (χ2v) is 5.59. The Hall–Kier alpha value is -2.21. The lowest BCUT2D eigenvalue weighted by molar-refractivity contribution is 0.432. The summed E-state index contributed by atoms with van der Waals surface area (Å²) in [5, 5.41) is 3.89. The van der Waals surface area contributed by atoms with Crippen molar-refractivity contribution in [1.82, 2.24) is 10.1 Å². The van der Waals surface area contributed by atoms with Crippen molar-refractivity contribution in [2.24, 2.45) is 0 Å². The first-order valence-corrected chi connectivity index (χ1v) is 6.99. The van der Waals surface area contributed by atoms with Gasteiger partial charge in [0.1, 0.15) is 5.82 Å². The predicted molar refractivity (Wildman–Crippen MR) is 82.0 cm³/mol. The molecule has 0 saturated carbocycles. The van der Waals surface area contributed by atoms with E-state index in [0.717, 1.165) is 10.0 Å². The molecule has 0 radical (unpaired) electrons. The summed E-state index contributed by atoms with van der Waals surface area (Å²) in [6, 6.07) is 9.98. The summed E-state index contributed by atoms with van der Waals surface area (Å²) in [7, 11) is 0. The molecule has 0 fully saturated rings. The Morgan fingerprint density at radius 3 is 2.71 bits per heavy atom. The van der Waals surface area contributed by atoms with Gasteiger partial charge >= 0.3 is 0 Å². The largest absolute Gasteiger partial charge is 0.398 e. The third kappa shape index (κ3) is 2.80. The van der Waals surface area contributed by atoms with Crippen molar-refractivity contribution in [3.8, 4) is 22.8 Å². The lowest BCUT2D eigenvalue weighted by Gasteiger charge is -2.00. The van der Waals surface area contributed by atoms with E-state index in [1.807, 2.05) is 6.07 Å². The summed E-state index contributed by atoms with van der Waals surface area (Å²) in [4.78, 5) is 4.28. The Morgan fingerprint density at radius 2 is 2.00 bits per heavy atom. The van der Waals surface area contributed by atoms with Gasteiger partial charge < -0.3 is 10.3 Å². The van der Waals surface area contributed by atoms with E-state index in [1.165, 1.54) is 12.1 Å². The average Bonchev–Trinajstić information content (AvgIpc) is 2.87. The fourth-order valence-corrected chi connectivity index (χ4v) is 2.42. The molecule has 0 aliphatic carbocycles. The highest BCUT2D eigenvalue weighted by Gasteiger charge is 2.14. The van der Waals surface area contributed by atoms with Gasteiger partial charge in [-0.3, -0.25) is 0 Å². The molecule has 0 unspecified atom stereocenters. The normalized spacial score (nSPS) is 10.8. The fourth-order valence-electron chi connectivity index (χ4n) is 2.04. The van der Waals surface area contributed by atoms with Gasteiger partial charge in [-0.25, -0.2) is 4.39 Å². The van der Waals surface area contributed by atoms with Crippen molar-refractivity contribution in [3.63, 3.8) is 0 Å². The number of benzene rings is 2. The molecule has 0 aliphatic heterocycles. The van der Waals surface area contributed by atoms with Crippen molar-refractivity contribution in [3.05, 3.63) is 52.3 Å². The second-order valence-electron chi connectivity index (χ2n) is 4.67. The number of aromatic nitrogens is 2. The Labute approximate surface area is 128 Å². The number of nitrogens with two attached hydrogens (primary N) is 1. The number of hydrogen-bond acceptors (Lipinski definition) is 4. The van der Waals surface area contributed by atoms with Crippen LogP contribution in [0.1, 0.15) is 5.56 Å². The molecule has 0 amide bonds. The van der Waals surface area contributed by atoms with Crippen LogP contribution >= 0.6 is 15.9 Å². The van der Waals surface area contributed by atoms with Crippen LogP contribution in [-0.4, -0.2) is 10.1 Å². The topological polar surface area (TPSA) is 64.9 Å². The smallest absolute Gasteiger partial charge is 0.260 e. The summed E-state index contributed by atoms with van der Waals surface area (Å²) >= 11 is 3.34. The van der Waals surface area contributed by atoms with E-state index in [9.17, 15) is 4.39 Å². The van der Waals surface area contributed by atoms with Gasteiger partial charge in [-0.1, -0.05) is 21.1 Å². The highest BCUT2D eigenvalue weighted by Crippen LogP contribution is 2.29. The summed E-state index contributed by atoms with van der Waals surface area (Å²) in [6.45, 7) is 1.81. The van der Waals surface area contributed by atoms with Crippen molar-refractivity contribution in [1.29, 1.82) is 0 Å². The van der Waals surface area contributed by atoms with Gasteiger partial charge in [0.05, 0.1) is 5.56 Å². The molecule has 3 aromatic rings. The number of anilines is 1. The summed E-state index contributed by atoms with van der Waals surface area (Å²) in [5.74, 6) is 0.298. The van der Waals surface area contributed by atoms with Crippen LogP contribution < -0.4 is 5.73 Å². The minimum absolute atomic E-state index is 0.303. The fraction of sp³-hybridized carbons (Fsp3) is 0.0667. The molecule has 2 aromatic carbocycles. The lowest BCUT2D eigenvalue weighted by atomic mass is 10.1. The summed E-state index contributed by atoms with van der Waals surface area (Å²) < 4.78 is 19.5. The van der Waals surface area contributed by atoms with Gasteiger partial charge in [-0.15, -0.1) is 0 Å². The van der Waals surface area contributed by atoms with Crippen molar-refractivity contribution >= 4 is 21.6 Å². The SMILES string of the molecule is Cc1cc(F)cc(-c2noc(-c3ccc(Br)cc3N)n2)c1. The zero-order valence-electron chi connectivity index (χ0n) is 11.1. The molecule has 3 rings (SSSR count). The highest BCUT2D eigenvalue weighted by molar-refractivity contribution is 9.10. The van der Waals surface area contributed by atoms with Crippen molar-refractivity contribution < 1.29 is 8.91 Å². The third-order valence-electron chi connectivity index (χ3n) is 2.97. The standard InChI is InChI=1S/C15H11BrFN3O/c1-8-4-9(6-11(17)5-8)14-19-15(21-20-14)12-3-2-10(16)7-13(12)18/h2-7H,18H2,1H3. The van der Waals surface area contributed by atoms with Gasteiger partial charge in [-0.2, -0.15) is 4.98 Å². The molecule has 0 atom stereocenters. The zero-order chi connectivity index (χ0) is 15.0. The van der Waals surface area contributed by atoms with Crippen LogP contribution in [0.25, 0.3) is 22.8 Å². The number of aryl methyl sites for hydroxylation is 1. The molecule has 2 N–H and O–H groups in total. The number of halogens is 2. The van der Waals surface area contributed by atoms with Crippen LogP contribution in [0.4, 0.5) is 10.1 Å². The molecule has 1 heterocycles. The first kappa shape index (κ1) is 13.8. The molecule has 0 saturated heterocycles. The maximum atomic E-state index is 13.4. The molecule has 6 heteroatoms. The van der Waals surface area contributed by atoms with Gasteiger partial charge in [0, 0.05) is 15.7 Å². The zero-order valence-corrected chi connectivity index (χ0v) is 12.7. The van der Waals surface area contributed by atoms with E-state index < -0.39 is 0 Å². The number of hydrogen-bond donors (Lipinski definition) is 1. The van der Waals surface area contributed by atoms with Crippen LogP contribution in [0.3, 0.4) is 0 Å². The Balaban J connectivity index is 2.03. The maximum absolute atomic E-state index is 13.4. The minimum atomic E-state index is -0.334. The molecular formula is C15H11BrFN3O. The molecule has 4 nitrogen and oxygen atoms in total. The van der Waals surface area contributed by atoms with Crippen LogP contribution in [-0.2, 0) is 0 Å². The maximum Gasteiger partial charge on any atom is 0.260 e. The third-order valence-corrected chi connectivity index (χ3v) is 3.46. The predicted octanol–water partition coefficient (Wildman–Crippen LogP) is 4.20. The van der Waals surface area contributed by atoms with Crippen LogP contribution in [0.2, 0.25) is 0 Å². The lowest BCUT2D eigenvalue weighted by Crippen LogP contribution is -1.90. The monoisotopic (exact) mass is 347 g/mol. The molecule has 21 heavy (non-hydrogen) atoms. The first-order valence-electron chi connectivity index (χ1n) is 6.19. The molecule has 106 valence electrons. The summed E-state index contributed by atoms with van der Waals surface area (Å²) in [5.41, 5.74) is 8.46. The van der Waals surface area contributed by atoms with Crippen LogP contribution in [0.5, 0.6) is 0 Å². The minimum Gasteiger partial charge on any atom is -0.398 e.